The van der Waals surface area contributed by atoms with E-state index in [1.807, 2.05) is 6.07 Å². The van der Waals surface area contributed by atoms with Crippen LogP contribution in [0.25, 0.3) is 22.3 Å². The second kappa shape index (κ2) is 7.65. The molecule has 154 valence electrons. The minimum absolute atomic E-state index is 0.0438. The Morgan fingerprint density at radius 2 is 1.65 bits per heavy atom. The molecule has 0 amide bonds. The number of phenols is 4. The smallest absolute Gasteiger partial charge is 0.239 e. The first-order valence-electron chi connectivity index (χ1n) is 9.04. The standard InChI is InChI=1S/C23H15NO7/c24-10-12-1-3-13(4-2-12)11-30-23-21(29)20-18(28)8-15(25)9-19(20)31-22(23)14-5-6-16(26)17(27)7-14/h1-9,25-28H,11H2. The van der Waals surface area contributed by atoms with E-state index in [1.54, 1.807) is 24.3 Å². The van der Waals surface area contributed by atoms with Crippen LogP contribution in [0.2, 0.25) is 0 Å². The number of aromatic hydroxyl groups is 4. The lowest BCUT2D eigenvalue weighted by Crippen LogP contribution is -2.10. The SMILES string of the molecule is N#Cc1ccc(COc2c(-c3ccc(O)c(O)c3)oc3cc(O)cc(O)c3c2=O)cc1. The summed E-state index contributed by atoms with van der Waals surface area (Å²) in [7, 11) is 0. The van der Waals surface area contributed by atoms with Crippen molar-refractivity contribution in [3.05, 3.63) is 75.9 Å². The summed E-state index contributed by atoms with van der Waals surface area (Å²) in [4.78, 5) is 13.1. The van der Waals surface area contributed by atoms with Crippen molar-refractivity contribution in [2.45, 2.75) is 6.61 Å². The molecule has 0 unspecified atom stereocenters. The quantitative estimate of drug-likeness (QED) is 0.368. The van der Waals surface area contributed by atoms with Crippen LogP contribution in [0, 0.1) is 11.3 Å². The van der Waals surface area contributed by atoms with Gasteiger partial charge in [-0.15, -0.1) is 0 Å². The molecule has 0 aliphatic heterocycles. The molecule has 0 saturated carbocycles. The molecule has 0 aliphatic rings. The van der Waals surface area contributed by atoms with E-state index in [0.717, 1.165) is 6.07 Å². The summed E-state index contributed by atoms with van der Waals surface area (Å²) in [5.74, 6) is -1.88. The number of nitriles is 1. The normalized spacial score (nSPS) is 10.7. The van der Waals surface area contributed by atoms with Gasteiger partial charge in [0.25, 0.3) is 0 Å². The Hall–Kier alpha value is -4.64. The molecular formula is C23H15NO7. The summed E-state index contributed by atoms with van der Waals surface area (Å²) in [5, 5.41) is 48.1. The Morgan fingerprint density at radius 1 is 0.903 bits per heavy atom. The van der Waals surface area contributed by atoms with Gasteiger partial charge in [0.05, 0.1) is 11.6 Å². The zero-order valence-electron chi connectivity index (χ0n) is 15.9. The third-order valence-corrected chi connectivity index (χ3v) is 4.62. The van der Waals surface area contributed by atoms with Crippen LogP contribution in [-0.2, 0) is 6.61 Å². The number of benzene rings is 3. The molecule has 0 atom stereocenters. The largest absolute Gasteiger partial charge is 0.508 e. The van der Waals surface area contributed by atoms with Gasteiger partial charge in [-0.3, -0.25) is 4.79 Å². The molecule has 0 bridgehead atoms. The summed E-state index contributed by atoms with van der Waals surface area (Å²) < 4.78 is 11.5. The van der Waals surface area contributed by atoms with Crippen molar-refractivity contribution < 1.29 is 29.6 Å². The van der Waals surface area contributed by atoms with Crippen molar-refractivity contribution in [1.29, 1.82) is 5.26 Å². The molecule has 1 aromatic heterocycles. The monoisotopic (exact) mass is 417 g/mol. The van der Waals surface area contributed by atoms with Crippen LogP contribution in [0.1, 0.15) is 11.1 Å². The minimum atomic E-state index is -0.685. The lowest BCUT2D eigenvalue weighted by atomic mass is 10.1. The van der Waals surface area contributed by atoms with E-state index in [2.05, 4.69) is 0 Å². The Morgan fingerprint density at radius 3 is 2.32 bits per heavy atom. The first kappa shape index (κ1) is 19.7. The highest BCUT2D eigenvalue weighted by molar-refractivity contribution is 5.88. The number of fused-ring (bicyclic) bond motifs is 1. The fourth-order valence-corrected chi connectivity index (χ4v) is 3.09. The molecule has 0 fully saturated rings. The molecular weight excluding hydrogens is 402 g/mol. The molecule has 4 N–H and O–H groups in total. The van der Waals surface area contributed by atoms with E-state index in [0.29, 0.717) is 11.1 Å². The molecule has 3 aromatic carbocycles. The molecule has 4 aromatic rings. The predicted molar refractivity (Wildman–Crippen MR) is 110 cm³/mol. The second-order valence-corrected chi connectivity index (χ2v) is 6.73. The van der Waals surface area contributed by atoms with Gasteiger partial charge in [-0.25, -0.2) is 0 Å². The lowest BCUT2D eigenvalue weighted by Gasteiger charge is -2.13. The topological polar surface area (TPSA) is 144 Å². The van der Waals surface area contributed by atoms with Crippen LogP contribution in [0.4, 0.5) is 0 Å². The zero-order chi connectivity index (χ0) is 22.1. The maximum atomic E-state index is 13.1. The third kappa shape index (κ3) is 3.68. The van der Waals surface area contributed by atoms with Crippen LogP contribution >= 0.6 is 0 Å². The highest BCUT2D eigenvalue weighted by Crippen LogP contribution is 2.38. The van der Waals surface area contributed by atoms with Crippen molar-refractivity contribution in [3.8, 4) is 46.1 Å². The maximum absolute atomic E-state index is 13.1. The van der Waals surface area contributed by atoms with Gasteiger partial charge < -0.3 is 29.6 Å². The molecule has 8 nitrogen and oxygen atoms in total. The van der Waals surface area contributed by atoms with Crippen molar-refractivity contribution in [3.63, 3.8) is 0 Å². The minimum Gasteiger partial charge on any atom is -0.508 e. The van der Waals surface area contributed by atoms with E-state index in [9.17, 15) is 25.2 Å². The van der Waals surface area contributed by atoms with Gasteiger partial charge in [-0.05, 0) is 35.9 Å². The first-order valence-corrected chi connectivity index (χ1v) is 9.04. The zero-order valence-corrected chi connectivity index (χ0v) is 15.9. The Labute approximate surface area is 175 Å². The fourth-order valence-electron chi connectivity index (χ4n) is 3.09. The van der Waals surface area contributed by atoms with E-state index in [-0.39, 0.29) is 46.1 Å². The summed E-state index contributed by atoms with van der Waals surface area (Å²) in [6.07, 6.45) is 0. The second-order valence-electron chi connectivity index (χ2n) is 6.73. The fraction of sp³-hybridized carbons (Fsp3) is 0.0435. The number of phenolic OH excluding ortho intramolecular Hbond substituents is 4. The number of rotatable bonds is 4. The summed E-state index contributed by atoms with van der Waals surface area (Å²) in [6.45, 7) is -0.0438. The van der Waals surface area contributed by atoms with Crippen LogP contribution in [-0.4, -0.2) is 20.4 Å². The van der Waals surface area contributed by atoms with Crippen LogP contribution in [0.3, 0.4) is 0 Å². The number of hydrogen-bond acceptors (Lipinski definition) is 8. The molecule has 31 heavy (non-hydrogen) atoms. The Kier molecular flexibility index (Phi) is 4.85. The first-order chi connectivity index (χ1) is 14.9. The molecule has 0 aliphatic carbocycles. The van der Waals surface area contributed by atoms with Crippen molar-refractivity contribution in [2.75, 3.05) is 0 Å². The van der Waals surface area contributed by atoms with E-state index < -0.39 is 16.9 Å². The summed E-state index contributed by atoms with van der Waals surface area (Å²) in [6, 6.07) is 14.6. The Balaban J connectivity index is 1.87. The van der Waals surface area contributed by atoms with Gasteiger partial charge in [0.2, 0.25) is 11.2 Å². The van der Waals surface area contributed by atoms with Crippen molar-refractivity contribution >= 4 is 11.0 Å². The average Bonchev–Trinajstić information content (AvgIpc) is 2.74. The molecule has 0 radical (unpaired) electrons. The van der Waals surface area contributed by atoms with E-state index >= 15 is 0 Å². The van der Waals surface area contributed by atoms with Crippen LogP contribution in [0.15, 0.2) is 63.8 Å². The summed E-state index contributed by atoms with van der Waals surface area (Å²) in [5.41, 5.74) is 0.601. The van der Waals surface area contributed by atoms with E-state index in [4.69, 9.17) is 14.4 Å². The summed E-state index contributed by atoms with van der Waals surface area (Å²) >= 11 is 0. The molecule has 8 heteroatoms. The molecule has 1 heterocycles. The van der Waals surface area contributed by atoms with Crippen molar-refractivity contribution in [1.82, 2.24) is 0 Å². The number of hydrogen-bond donors (Lipinski definition) is 4. The van der Waals surface area contributed by atoms with Gasteiger partial charge in [0.15, 0.2) is 17.3 Å². The van der Waals surface area contributed by atoms with Gasteiger partial charge in [-0.2, -0.15) is 5.26 Å². The van der Waals surface area contributed by atoms with Crippen LogP contribution < -0.4 is 10.2 Å². The van der Waals surface area contributed by atoms with Crippen LogP contribution in [0.5, 0.6) is 28.7 Å². The number of nitrogens with zero attached hydrogens (tertiary/aromatic N) is 1. The van der Waals surface area contributed by atoms with Gasteiger partial charge in [0, 0.05) is 17.7 Å². The Bertz CT molecular complexity index is 1400. The van der Waals surface area contributed by atoms with Gasteiger partial charge in [-0.1, -0.05) is 12.1 Å². The average molecular weight is 417 g/mol. The highest BCUT2D eigenvalue weighted by Gasteiger charge is 2.21. The predicted octanol–water partition coefficient (Wildman–Crippen LogP) is 3.73. The molecule has 0 spiro atoms. The van der Waals surface area contributed by atoms with E-state index in [1.165, 1.54) is 24.3 Å². The number of ether oxygens (including phenoxy) is 1. The lowest BCUT2D eigenvalue weighted by molar-refractivity contribution is 0.297. The molecule has 4 rings (SSSR count). The highest BCUT2D eigenvalue weighted by atomic mass is 16.5. The third-order valence-electron chi connectivity index (χ3n) is 4.62. The molecule has 0 saturated heterocycles. The maximum Gasteiger partial charge on any atom is 0.239 e. The van der Waals surface area contributed by atoms with Gasteiger partial charge >= 0.3 is 0 Å². The van der Waals surface area contributed by atoms with Gasteiger partial charge in [0.1, 0.15) is 29.1 Å². The van der Waals surface area contributed by atoms with Crippen molar-refractivity contribution in [2.24, 2.45) is 0 Å².